The number of pyridine rings is 2. The van der Waals surface area contributed by atoms with Crippen molar-refractivity contribution in [3.05, 3.63) is 71.9 Å². The summed E-state index contributed by atoms with van der Waals surface area (Å²) in [6.07, 6.45) is 3.81. The van der Waals surface area contributed by atoms with E-state index >= 15 is 0 Å². The van der Waals surface area contributed by atoms with Gasteiger partial charge in [-0.05, 0) is 43.5 Å². The van der Waals surface area contributed by atoms with Crippen LogP contribution in [-0.4, -0.2) is 99.1 Å². The van der Waals surface area contributed by atoms with Crippen molar-refractivity contribution in [3.63, 3.8) is 0 Å². The van der Waals surface area contributed by atoms with Gasteiger partial charge >= 0.3 is 0 Å². The lowest BCUT2D eigenvalue weighted by Crippen LogP contribution is -2.48. The standard InChI is InChI=1S/C36H38N10O6/c1-21-16-22(8-10-37-21)35-40-28(20-51-35)34(50)39-27-17-29-31(42-32(27)46-11-9-24(47)19-46)43-36(52-29)45-14-12-44(13-15-45)18-23-4-2-3-5-25(23)38-26-6-7-30(48)41-33(26)49/h2-5,8,10,16-17,20,24,26,38,47H,6-7,9,11-15,18-19H2,1H3,(H,39,50)(H,41,48,49)/t24-,26?/m1/s1. The number of amides is 3. The average Bonchev–Trinajstić information content (AvgIpc) is 3.90. The summed E-state index contributed by atoms with van der Waals surface area (Å²) >= 11 is 0. The van der Waals surface area contributed by atoms with Crippen molar-refractivity contribution < 1.29 is 28.3 Å². The highest BCUT2D eigenvalue weighted by Gasteiger charge is 2.29. The molecule has 4 aromatic heterocycles. The number of aromatic nitrogens is 4. The summed E-state index contributed by atoms with van der Waals surface area (Å²) in [6.45, 7) is 6.30. The summed E-state index contributed by atoms with van der Waals surface area (Å²) < 4.78 is 11.8. The van der Waals surface area contributed by atoms with Crippen LogP contribution in [0.4, 0.5) is 23.2 Å². The molecule has 5 aromatic rings. The number of hydrogen-bond acceptors (Lipinski definition) is 14. The van der Waals surface area contributed by atoms with Crippen LogP contribution in [0.2, 0.25) is 0 Å². The molecule has 8 rings (SSSR count). The Morgan fingerprint density at radius 1 is 1.00 bits per heavy atom. The Kier molecular flexibility index (Phi) is 8.98. The number of fused-ring (bicyclic) bond motifs is 1. The van der Waals surface area contributed by atoms with E-state index in [9.17, 15) is 19.5 Å². The zero-order valence-corrected chi connectivity index (χ0v) is 28.5. The Balaban J connectivity index is 0.963. The molecule has 0 radical (unpaired) electrons. The number of rotatable bonds is 9. The molecular weight excluding hydrogens is 668 g/mol. The largest absolute Gasteiger partial charge is 0.444 e. The third-order valence-electron chi connectivity index (χ3n) is 9.57. The summed E-state index contributed by atoms with van der Waals surface area (Å²) in [7, 11) is 0. The van der Waals surface area contributed by atoms with E-state index in [0.29, 0.717) is 92.2 Å². The lowest BCUT2D eigenvalue weighted by Gasteiger charge is -2.34. The molecule has 1 aromatic carbocycles. The molecule has 2 atom stereocenters. The Morgan fingerprint density at radius 3 is 2.63 bits per heavy atom. The van der Waals surface area contributed by atoms with Crippen molar-refractivity contribution in [2.45, 2.75) is 44.9 Å². The fourth-order valence-corrected chi connectivity index (χ4v) is 6.78. The van der Waals surface area contributed by atoms with Crippen molar-refractivity contribution in [2.24, 2.45) is 0 Å². The number of nitrogens with zero attached hydrogens (tertiary/aromatic N) is 7. The van der Waals surface area contributed by atoms with Crippen LogP contribution in [0.25, 0.3) is 22.7 Å². The maximum absolute atomic E-state index is 13.4. The van der Waals surface area contributed by atoms with E-state index in [-0.39, 0.29) is 17.5 Å². The lowest BCUT2D eigenvalue weighted by atomic mass is 10.0. The number of aliphatic hydroxyl groups excluding tert-OH is 1. The van der Waals surface area contributed by atoms with Crippen molar-refractivity contribution >= 4 is 52.2 Å². The number of piperazine rings is 1. The number of carbonyl (C=O) groups excluding carboxylic acids is 3. The molecule has 0 spiro atoms. The first kappa shape index (κ1) is 33.3. The topological polar surface area (TPSA) is 195 Å². The Hall–Kier alpha value is -5.87. The van der Waals surface area contributed by atoms with E-state index in [2.05, 4.69) is 35.7 Å². The number of β-amino-alcohol motifs (C(OH)–C–C–N with tert-alkyl or cyclic N) is 1. The number of carbonyl (C=O) groups is 3. The van der Waals surface area contributed by atoms with Gasteiger partial charge in [0.2, 0.25) is 23.4 Å². The third-order valence-corrected chi connectivity index (χ3v) is 9.57. The lowest BCUT2D eigenvalue weighted by molar-refractivity contribution is -0.133. The van der Waals surface area contributed by atoms with Crippen LogP contribution in [0.5, 0.6) is 0 Å². The van der Waals surface area contributed by atoms with Gasteiger partial charge in [-0.1, -0.05) is 18.2 Å². The van der Waals surface area contributed by atoms with E-state index < -0.39 is 18.1 Å². The number of imide groups is 1. The number of para-hydroxylation sites is 1. The van der Waals surface area contributed by atoms with Crippen molar-refractivity contribution in [1.29, 1.82) is 0 Å². The molecule has 268 valence electrons. The first-order chi connectivity index (χ1) is 25.3. The van der Waals surface area contributed by atoms with E-state index in [1.807, 2.05) is 42.2 Å². The number of aliphatic hydroxyl groups is 1. The SMILES string of the molecule is Cc1cc(-c2nc(C(=O)Nc3cc4oc(N5CCN(Cc6ccccc6NC6CCC(=O)NC6=O)CC5)nc4nc3N3CC[C@@H](O)C3)co2)ccn1. The van der Waals surface area contributed by atoms with Crippen molar-refractivity contribution in [2.75, 3.05) is 59.7 Å². The minimum absolute atomic E-state index is 0.0995. The summed E-state index contributed by atoms with van der Waals surface area (Å²) in [6, 6.07) is 13.2. The van der Waals surface area contributed by atoms with Gasteiger partial charge in [-0.15, -0.1) is 0 Å². The highest BCUT2D eigenvalue weighted by molar-refractivity contribution is 6.05. The second kappa shape index (κ2) is 14.0. The van der Waals surface area contributed by atoms with Crippen LogP contribution in [0.3, 0.4) is 0 Å². The Labute approximate surface area is 298 Å². The Morgan fingerprint density at radius 2 is 1.85 bits per heavy atom. The zero-order chi connectivity index (χ0) is 35.8. The normalized spacial score (nSPS) is 19.7. The van der Waals surface area contributed by atoms with Crippen LogP contribution in [0, 0.1) is 6.92 Å². The van der Waals surface area contributed by atoms with Gasteiger partial charge in [-0.2, -0.15) is 4.98 Å². The van der Waals surface area contributed by atoms with Crippen molar-refractivity contribution in [1.82, 2.24) is 30.2 Å². The zero-order valence-electron chi connectivity index (χ0n) is 28.5. The first-order valence-corrected chi connectivity index (χ1v) is 17.4. The van der Waals surface area contributed by atoms with E-state index in [1.54, 1.807) is 18.3 Å². The summed E-state index contributed by atoms with van der Waals surface area (Å²) in [5, 5.41) is 19.0. The van der Waals surface area contributed by atoms with Crippen molar-refractivity contribution in [3.8, 4) is 11.5 Å². The van der Waals surface area contributed by atoms with Gasteiger partial charge in [-0.3, -0.25) is 29.6 Å². The molecule has 3 aliphatic rings. The van der Waals surface area contributed by atoms with Gasteiger partial charge in [0.15, 0.2) is 17.1 Å². The van der Waals surface area contributed by atoms with Gasteiger partial charge in [0.05, 0.1) is 11.8 Å². The molecule has 1 unspecified atom stereocenters. The fraction of sp³-hybridized carbons (Fsp3) is 0.361. The van der Waals surface area contributed by atoms with Crippen LogP contribution in [0.15, 0.2) is 63.8 Å². The minimum atomic E-state index is -0.507. The van der Waals surface area contributed by atoms with Crippen LogP contribution < -0.4 is 25.8 Å². The minimum Gasteiger partial charge on any atom is -0.444 e. The third kappa shape index (κ3) is 7.02. The number of anilines is 4. The molecule has 4 N–H and O–H groups in total. The molecule has 16 nitrogen and oxygen atoms in total. The van der Waals surface area contributed by atoms with Gasteiger partial charge in [0.1, 0.15) is 12.3 Å². The Bertz CT molecular complexity index is 2140. The summed E-state index contributed by atoms with van der Waals surface area (Å²) in [5.74, 6) is -0.224. The number of hydrogen-bond donors (Lipinski definition) is 4. The number of benzene rings is 1. The van der Waals surface area contributed by atoms with E-state index in [1.165, 1.54) is 6.26 Å². The molecule has 3 saturated heterocycles. The molecule has 3 fully saturated rings. The predicted octanol–water partition coefficient (Wildman–Crippen LogP) is 2.94. The van der Waals surface area contributed by atoms with Gasteiger partial charge in [-0.25, -0.2) is 9.97 Å². The molecule has 3 amide bonds. The second-order valence-corrected chi connectivity index (χ2v) is 13.3. The molecule has 3 aliphatic heterocycles. The molecule has 0 aliphatic carbocycles. The predicted molar refractivity (Wildman–Crippen MR) is 191 cm³/mol. The number of piperidine rings is 1. The van der Waals surface area contributed by atoms with Gasteiger partial charge in [0, 0.05) is 81.4 Å². The summed E-state index contributed by atoms with van der Waals surface area (Å²) in [5.41, 5.74) is 4.78. The highest BCUT2D eigenvalue weighted by Crippen LogP contribution is 2.33. The quantitative estimate of drug-likeness (QED) is 0.163. The van der Waals surface area contributed by atoms with Gasteiger partial charge in [0.25, 0.3) is 11.9 Å². The smallest absolute Gasteiger partial charge is 0.300 e. The maximum atomic E-state index is 13.4. The van der Waals surface area contributed by atoms with Gasteiger partial charge < -0.3 is 34.4 Å². The van der Waals surface area contributed by atoms with Crippen LogP contribution in [-0.2, 0) is 16.1 Å². The molecule has 7 heterocycles. The number of nitrogens with one attached hydrogen (secondary N) is 3. The van der Waals surface area contributed by atoms with E-state index in [0.717, 1.165) is 30.0 Å². The average molecular weight is 707 g/mol. The monoisotopic (exact) mass is 706 g/mol. The maximum Gasteiger partial charge on any atom is 0.300 e. The fourth-order valence-electron chi connectivity index (χ4n) is 6.78. The molecule has 0 bridgehead atoms. The number of oxazole rings is 2. The molecule has 52 heavy (non-hydrogen) atoms. The second-order valence-electron chi connectivity index (χ2n) is 13.3. The van der Waals surface area contributed by atoms with Crippen LogP contribution >= 0.6 is 0 Å². The highest BCUT2D eigenvalue weighted by atomic mass is 16.4. The molecular formula is C36H38N10O6. The summed E-state index contributed by atoms with van der Waals surface area (Å²) in [4.78, 5) is 61.8. The molecule has 0 saturated carbocycles. The van der Waals surface area contributed by atoms with E-state index in [4.69, 9.17) is 18.8 Å². The van der Waals surface area contributed by atoms with Crippen LogP contribution in [0.1, 0.15) is 41.0 Å². The first-order valence-electron chi connectivity index (χ1n) is 17.4. The molecule has 16 heteroatoms. The number of aryl methyl sites for hydroxylation is 1.